The van der Waals surface area contributed by atoms with E-state index < -0.39 is 23.3 Å². The summed E-state index contributed by atoms with van der Waals surface area (Å²) >= 11 is 0. The van der Waals surface area contributed by atoms with Crippen LogP contribution in [0.3, 0.4) is 0 Å². The Hall–Kier alpha value is -3.69. The minimum absolute atomic E-state index is 0.112. The number of rotatable bonds is 2. The number of carbonyl (C=O) groups excluding carboxylic acids is 1. The van der Waals surface area contributed by atoms with E-state index in [0.717, 1.165) is 29.5 Å². The molecule has 4 aliphatic heterocycles. The minimum atomic E-state index is -1.02. The molecule has 9 nitrogen and oxygen atoms in total. The largest absolute Gasteiger partial charge is 0.507 e. The van der Waals surface area contributed by atoms with Crippen molar-refractivity contribution >= 4 is 23.2 Å². The van der Waals surface area contributed by atoms with Gasteiger partial charge >= 0.3 is 5.97 Å². The van der Waals surface area contributed by atoms with Crippen molar-refractivity contribution in [2.45, 2.75) is 94.8 Å². The molecule has 3 N–H and O–H groups in total. The topological polar surface area (TPSA) is 137 Å². The predicted molar refractivity (Wildman–Crippen MR) is 152 cm³/mol. The molecule has 0 saturated carbocycles. The molecule has 2 fully saturated rings. The highest BCUT2D eigenvalue weighted by Gasteiger charge is 2.64. The lowest BCUT2D eigenvalue weighted by molar-refractivity contribution is -0.170. The molecular weight excluding hydrogens is 524 g/mol. The van der Waals surface area contributed by atoms with Crippen molar-refractivity contribution in [3.63, 3.8) is 0 Å². The zero-order valence-electron chi connectivity index (χ0n) is 23.4. The number of esters is 1. The first-order valence-corrected chi connectivity index (χ1v) is 14.3. The molecule has 1 spiro atoms. The number of phenols is 1. The van der Waals surface area contributed by atoms with E-state index in [9.17, 15) is 14.7 Å². The van der Waals surface area contributed by atoms with Crippen molar-refractivity contribution in [3.8, 4) is 11.5 Å². The molecule has 4 aliphatic rings. The van der Waals surface area contributed by atoms with Crippen molar-refractivity contribution < 1.29 is 28.5 Å². The Morgan fingerprint density at radius 2 is 2.00 bits per heavy atom. The van der Waals surface area contributed by atoms with Crippen LogP contribution in [0.5, 0.6) is 11.5 Å². The quantitative estimate of drug-likeness (QED) is 0.346. The fraction of sp³-hybridized carbons (Fsp3) is 0.469. The highest BCUT2D eigenvalue weighted by atomic mass is 16.7. The molecule has 5 atom stereocenters. The van der Waals surface area contributed by atoms with Crippen LogP contribution in [0, 0.1) is 6.92 Å². The zero-order valence-corrected chi connectivity index (χ0v) is 23.4. The first kappa shape index (κ1) is 26.2. The Morgan fingerprint density at radius 1 is 1.17 bits per heavy atom. The maximum atomic E-state index is 13.9. The summed E-state index contributed by atoms with van der Waals surface area (Å²) in [6.07, 6.45) is 4.50. The Balaban J connectivity index is 1.21. The van der Waals surface area contributed by atoms with Gasteiger partial charge in [0.25, 0.3) is 0 Å². The Bertz CT molecular complexity index is 1670. The van der Waals surface area contributed by atoms with Gasteiger partial charge in [0.05, 0.1) is 0 Å². The second kappa shape index (κ2) is 9.16. The number of nitrogens with zero attached hydrogens (tertiary/aromatic N) is 1. The van der Waals surface area contributed by atoms with Crippen LogP contribution in [0.15, 0.2) is 44.5 Å². The SMILES string of the molecule is Cc1cc(=O)c2c(O)c3c(cc2o1)OC(C)(C)[C@@H]1OC(=O)[C@]2(CCCC[C@H]31)O[C@@H]2Cc1cccc2c1CC=N[C@@H]2N. The maximum absolute atomic E-state index is 13.9. The third-order valence-corrected chi connectivity index (χ3v) is 9.22. The summed E-state index contributed by atoms with van der Waals surface area (Å²) < 4.78 is 24.6. The van der Waals surface area contributed by atoms with Crippen molar-refractivity contribution in [1.29, 1.82) is 0 Å². The van der Waals surface area contributed by atoms with E-state index in [4.69, 9.17) is 24.4 Å². The van der Waals surface area contributed by atoms with Crippen LogP contribution in [0.1, 0.15) is 79.6 Å². The van der Waals surface area contributed by atoms with Gasteiger partial charge in [-0.1, -0.05) is 24.6 Å². The number of aliphatic imine (C=N–C) groups is 1. The van der Waals surface area contributed by atoms with E-state index in [2.05, 4.69) is 11.1 Å². The van der Waals surface area contributed by atoms with Gasteiger partial charge in [-0.3, -0.25) is 9.79 Å². The molecule has 0 amide bonds. The number of nitrogens with two attached hydrogens (primary N) is 1. The van der Waals surface area contributed by atoms with E-state index in [1.165, 1.54) is 6.07 Å². The third kappa shape index (κ3) is 4.08. The van der Waals surface area contributed by atoms with E-state index in [1.807, 2.05) is 32.2 Å². The Labute approximate surface area is 237 Å². The molecule has 0 bridgehead atoms. The summed E-state index contributed by atoms with van der Waals surface area (Å²) in [4.78, 5) is 31.1. The van der Waals surface area contributed by atoms with Gasteiger partial charge in [0.1, 0.15) is 52.2 Å². The molecule has 214 valence electrons. The first-order chi connectivity index (χ1) is 19.6. The highest BCUT2D eigenvalue weighted by Crippen LogP contribution is 2.53. The third-order valence-electron chi connectivity index (χ3n) is 9.22. The van der Waals surface area contributed by atoms with E-state index in [-0.39, 0.29) is 40.3 Å². The normalized spacial score (nSPS) is 29.8. The number of hydrogen-bond acceptors (Lipinski definition) is 9. The van der Waals surface area contributed by atoms with Crippen LogP contribution in [0.2, 0.25) is 0 Å². The van der Waals surface area contributed by atoms with Gasteiger partial charge in [-0.2, -0.15) is 0 Å². The number of epoxide rings is 1. The summed E-state index contributed by atoms with van der Waals surface area (Å²) in [6, 6.07) is 9.08. The van der Waals surface area contributed by atoms with Gasteiger partial charge in [0, 0.05) is 42.7 Å². The maximum Gasteiger partial charge on any atom is 0.341 e. The first-order valence-electron chi connectivity index (χ1n) is 14.3. The van der Waals surface area contributed by atoms with Crippen LogP contribution >= 0.6 is 0 Å². The van der Waals surface area contributed by atoms with Crippen LogP contribution in [-0.2, 0) is 27.1 Å². The number of aromatic hydroxyl groups is 1. The van der Waals surface area contributed by atoms with Gasteiger partial charge in [0.2, 0.25) is 0 Å². The van der Waals surface area contributed by atoms with Gasteiger partial charge < -0.3 is 29.5 Å². The molecular formula is C32H34N2O7. The van der Waals surface area contributed by atoms with Crippen molar-refractivity contribution in [3.05, 3.63) is 68.6 Å². The van der Waals surface area contributed by atoms with E-state index in [0.29, 0.717) is 42.8 Å². The number of carbonyl (C=O) groups is 1. The van der Waals surface area contributed by atoms with Crippen molar-refractivity contribution in [2.75, 3.05) is 0 Å². The fourth-order valence-corrected chi connectivity index (χ4v) is 7.16. The predicted octanol–water partition coefficient (Wildman–Crippen LogP) is 4.51. The summed E-state index contributed by atoms with van der Waals surface area (Å²) in [7, 11) is 0. The second-order valence-corrected chi connectivity index (χ2v) is 12.3. The number of hydrogen-bond donors (Lipinski definition) is 2. The molecule has 5 heterocycles. The summed E-state index contributed by atoms with van der Waals surface area (Å²) in [6.45, 7) is 5.45. The molecule has 0 unspecified atom stereocenters. The van der Waals surface area contributed by atoms with Gasteiger partial charge in [-0.25, -0.2) is 4.79 Å². The lowest BCUT2D eigenvalue weighted by Gasteiger charge is -2.44. The smallest absolute Gasteiger partial charge is 0.341 e. The monoisotopic (exact) mass is 558 g/mol. The lowest BCUT2D eigenvalue weighted by Crippen LogP contribution is -2.52. The number of ether oxygens (including phenoxy) is 3. The number of phenolic OH excluding ortho intramolecular Hbond substituents is 1. The van der Waals surface area contributed by atoms with E-state index >= 15 is 0 Å². The average molecular weight is 559 g/mol. The summed E-state index contributed by atoms with van der Waals surface area (Å²) in [5.41, 5.74) is 7.97. The zero-order chi connectivity index (χ0) is 28.7. The lowest BCUT2D eigenvalue weighted by atomic mass is 9.77. The van der Waals surface area contributed by atoms with Gasteiger partial charge in [-0.15, -0.1) is 0 Å². The molecule has 1 aromatic heterocycles. The van der Waals surface area contributed by atoms with Gasteiger partial charge in [-0.05, 0) is 56.7 Å². The highest BCUT2D eigenvalue weighted by molar-refractivity contribution is 5.88. The second-order valence-electron chi connectivity index (χ2n) is 12.3. The Kier molecular flexibility index (Phi) is 5.86. The van der Waals surface area contributed by atoms with Crippen LogP contribution in [0.25, 0.3) is 11.0 Å². The standard InChI is InChI=1S/C32H34N2O7/c1-16-13-21(35)26-22(38-16)15-23-25(27(26)36)20-8-4-5-11-32(30(37)39-28(20)31(2,3)40-23)24(41-32)14-17-7-6-9-19-18(17)10-12-34-29(19)33/h6-7,9,12-13,15,20,24,28-29,36H,4-5,8,10-11,14,33H2,1-3H3/t20-,24-,28-,29+,32-/m1/s1. The molecule has 7 rings (SSSR count). The molecule has 2 saturated heterocycles. The van der Waals surface area contributed by atoms with Crippen LogP contribution in [0.4, 0.5) is 0 Å². The van der Waals surface area contributed by atoms with E-state index in [1.54, 1.807) is 13.0 Å². The van der Waals surface area contributed by atoms with Crippen LogP contribution < -0.4 is 15.9 Å². The fourth-order valence-electron chi connectivity index (χ4n) is 7.16. The summed E-state index contributed by atoms with van der Waals surface area (Å²) in [5.74, 6) is -0.0495. The minimum Gasteiger partial charge on any atom is -0.507 e. The average Bonchev–Trinajstić information content (AvgIpc) is 3.59. The molecule has 0 radical (unpaired) electrons. The molecule has 3 aromatic rings. The van der Waals surface area contributed by atoms with Gasteiger partial charge in [0.15, 0.2) is 11.0 Å². The van der Waals surface area contributed by atoms with Crippen molar-refractivity contribution in [2.24, 2.45) is 10.7 Å². The Morgan fingerprint density at radius 3 is 2.83 bits per heavy atom. The molecule has 2 aromatic carbocycles. The molecule has 0 aliphatic carbocycles. The summed E-state index contributed by atoms with van der Waals surface area (Å²) in [5, 5.41) is 11.5. The molecule has 41 heavy (non-hydrogen) atoms. The number of benzene rings is 2. The number of fused-ring (bicyclic) bond motifs is 5. The van der Waals surface area contributed by atoms with Crippen molar-refractivity contribution in [1.82, 2.24) is 0 Å². The number of aryl methyl sites for hydroxylation is 1. The van der Waals surface area contributed by atoms with Crippen LogP contribution in [-0.4, -0.2) is 40.7 Å². The molecule has 9 heteroatoms.